The molecule has 0 radical (unpaired) electrons. The maximum atomic E-state index is 6.40. The van der Waals surface area contributed by atoms with E-state index in [1.54, 1.807) is 0 Å². The van der Waals surface area contributed by atoms with Crippen LogP contribution in [0.3, 0.4) is 0 Å². The molecule has 5 heterocycles. The molecule has 6 aromatic carbocycles. The minimum absolute atomic E-state index is 0.627. The Morgan fingerprint density at radius 2 is 1.35 bits per heavy atom. The molecule has 0 aliphatic carbocycles. The smallest absolute Gasteiger partial charge is 0.236 e. The van der Waals surface area contributed by atoms with Crippen LogP contribution in [0.15, 0.2) is 132 Å². The van der Waals surface area contributed by atoms with Crippen molar-refractivity contribution < 1.29 is 4.42 Å². The largest absolute Gasteiger partial charge is 0.452 e. The number of aromatic nitrogens is 4. The van der Waals surface area contributed by atoms with Gasteiger partial charge in [-0.15, -0.1) is 11.3 Å². The third-order valence-corrected chi connectivity index (χ3v) is 10.6. The van der Waals surface area contributed by atoms with E-state index in [9.17, 15) is 0 Å². The molecule has 11 aromatic rings. The molecule has 0 aliphatic heterocycles. The number of hydrogen-bond acceptors (Lipinski definition) is 4. The van der Waals surface area contributed by atoms with E-state index in [-0.39, 0.29) is 0 Å². The van der Waals surface area contributed by atoms with Gasteiger partial charge in [-0.2, -0.15) is 0 Å². The van der Waals surface area contributed by atoms with Crippen molar-refractivity contribution in [1.82, 2.24) is 19.5 Å². The minimum Gasteiger partial charge on any atom is -0.452 e. The maximum Gasteiger partial charge on any atom is 0.236 e. The SMILES string of the molecule is c1ccc(-c2nc(-n3c4ccccc4c4cc5c(cc43)sc3c5ccc4c5ccccc5[nH]c43)nc3c2oc2ccccc23)cc1. The van der Waals surface area contributed by atoms with Crippen LogP contribution in [-0.4, -0.2) is 19.5 Å². The molecule has 0 unspecified atom stereocenters. The second-order valence-corrected chi connectivity index (χ2v) is 12.9. The highest BCUT2D eigenvalue weighted by molar-refractivity contribution is 7.26. The van der Waals surface area contributed by atoms with E-state index in [4.69, 9.17) is 14.4 Å². The topological polar surface area (TPSA) is 59.6 Å². The summed E-state index contributed by atoms with van der Waals surface area (Å²) in [5.74, 6) is 0.627. The second-order valence-electron chi connectivity index (χ2n) is 11.9. The van der Waals surface area contributed by atoms with Gasteiger partial charge in [0.25, 0.3) is 0 Å². The minimum atomic E-state index is 0.627. The lowest BCUT2D eigenvalue weighted by atomic mass is 10.1. The van der Waals surface area contributed by atoms with Crippen LogP contribution in [0, 0.1) is 0 Å². The van der Waals surface area contributed by atoms with Gasteiger partial charge in [0.1, 0.15) is 16.8 Å². The summed E-state index contributed by atoms with van der Waals surface area (Å²) in [6.45, 7) is 0. The first-order valence-electron chi connectivity index (χ1n) is 15.3. The number of hydrogen-bond donors (Lipinski definition) is 1. The number of benzene rings is 6. The highest BCUT2D eigenvalue weighted by Crippen LogP contribution is 2.44. The van der Waals surface area contributed by atoms with Crippen molar-refractivity contribution in [3.63, 3.8) is 0 Å². The normalized spacial score (nSPS) is 12.3. The number of para-hydroxylation sites is 3. The zero-order valence-corrected chi connectivity index (χ0v) is 25.1. The Morgan fingerprint density at radius 1 is 0.587 bits per heavy atom. The predicted octanol–water partition coefficient (Wildman–Crippen LogP) is 11.1. The monoisotopic (exact) mass is 606 g/mol. The van der Waals surface area contributed by atoms with Crippen molar-refractivity contribution in [2.45, 2.75) is 0 Å². The van der Waals surface area contributed by atoms with Crippen molar-refractivity contribution in [1.29, 1.82) is 0 Å². The van der Waals surface area contributed by atoms with Crippen molar-refractivity contribution in [3.8, 4) is 17.2 Å². The van der Waals surface area contributed by atoms with Crippen LogP contribution < -0.4 is 0 Å². The summed E-state index contributed by atoms with van der Waals surface area (Å²) in [6.07, 6.45) is 0. The summed E-state index contributed by atoms with van der Waals surface area (Å²) in [5.41, 5.74) is 8.61. The van der Waals surface area contributed by atoms with E-state index in [0.29, 0.717) is 11.5 Å². The summed E-state index contributed by atoms with van der Waals surface area (Å²) in [5, 5.41) is 8.39. The quantitative estimate of drug-likeness (QED) is 0.213. The number of H-pyrrole nitrogens is 1. The Morgan fingerprint density at radius 3 is 2.26 bits per heavy atom. The standard InChI is InChI=1S/C40H22N4OS/c1-2-10-22(11-3-1)35-38-36(27-14-6-9-17-33(27)45-38)43-40(42-35)44-31-16-8-5-13-24(31)28-20-29-26-19-18-25-23-12-4-7-15-30(23)41-37(25)39(26)46-34(29)21-32(28)44/h1-21,41H. The fourth-order valence-electron chi connectivity index (χ4n) is 7.30. The molecular formula is C40H22N4OS. The summed E-state index contributed by atoms with van der Waals surface area (Å²) in [6, 6.07) is 44.7. The van der Waals surface area contributed by atoms with Crippen LogP contribution in [0.1, 0.15) is 0 Å². The van der Waals surface area contributed by atoms with Gasteiger partial charge in [-0.1, -0.05) is 91.0 Å². The van der Waals surface area contributed by atoms with Crippen LogP contribution in [0.2, 0.25) is 0 Å². The molecule has 0 saturated heterocycles. The molecule has 5 aromatic heterocycles. The summed E-state index contributed by atoms with van der Waals surface area (Å²) < 4.78 is 11.1. The molecule has 0 aliphatic rings. The van der Waals surface area contributed by atoms with Gasteiger partial charge in [-0.3, -0.25) is 4.57 Å². The first-order chi connectivity index (χ1) is 22.8. The van der Waals surface area contributed by atoms with Crippen molar-refractivity contribution >= 4 is 97.2 Å². The van der Waals surface area contributed by atoms with Crippen molar-refractivity contribution in [3.05, 3.63) is 127 Å². The van der Waals surface area contributed by atoms with Crippen molar-refractivity contribution in [2.24, 2.45) is 0 Å². The molecule has 0 saturated carbocycles. The van der Waals surface area contributed by atoms with Crippen molar-refractivity contribution in [2.75, 3.05) is 0 Å². The van der Waals surface area contributed by atoms with Gasteiger partial charge in [0.2, 0.25) is 5.95 Å². The van der Waals surface area contributed by atoms with Gasteiger partial charge in [0.15, 0.2) is 5.58 Å². The average Bonchev–Trinajstić information content (AvgIpc) is 3.86. The van der Waals surface area contributed by atoms with Crippen LogP contribution in [0.25, 0.3) is 103 Å². The zero-order valence-electron chi connectivity index (χ0n) is 24.3. The Kier molecular flexibility index (Phi) is 4.66. The zero-order chi connectivity index (χ0) is 29.9. The Bertz CT molecular complexity index is 3030. The molecule has 11 rings (SSSR count). The molecule has 214 valence electrons. The first-order valence-corrected chi connectivity index (χ1v) is 16.2. The molecule has 0 amide bonds. The lowest BCUT2D eigenvalue weighted by molar-refractivity contribution is 0.666. The first kappa shape index (κ1) is 24.4. The molecule has 6 heteroatoms. The molecule has 5 nitrogen and oxygen atoms in total. The van der Waals surface area contributed by atoms with Gasteiger partial charge in [0.05, 0.1) is 21.3 Å². The number of nitrogens with zero attached hydrogens (tertiary/aromatic N) is 3. The predicted molar refractivity (Wildman–Crippen MR) is 191 cm³/mol. The summed E-state index contributed by atoms with van der Waals surface area (Å²) in [7, 11) is 0. The number of fused-ring (bicyclic) bond motifs is 13. The lowest BCUT2D eigenvalue weighted by Crippen LogP contribution is -2.02. The van der Waals surface area contributed by atoms with Gasteiger partial charge in [0, 0.05) is 53.5 Å². The van der Waals surface area contributed by atoms with Gasteiger partial charge < -0.3 is 9.40 Å². The van der Waals surface area contributed by atoms with Crippen LogP contribution in [0.4, 0.5) is 0 Å². The molecular weight excluding hydrogens is 585 g/mol. The van der Waals surface area contributed by atoms with E-state index < -0.39 is 0 Å². The Balaban J connectivity index is 1.26. The highest BCUT2D eigenvalue weighted by Gasteiger charge is 2.22. The van der Waals surface area contributed by atoms with E-state index in [2.05, 4.69) is 101 Å². The fourth-order valence-corrected chi connectivity index (χ4v) is 8.52. The van der Waals surface area contributed by atoms with Gasteiger partial charge in [-0.25, -0.2) is 9.97 Å². The third kappa shape index (κ3) is 3.18. The van der Waals surface area contributed by atoms with Gasteiger partial charge in [-0.05, 0) is 36.4 Å². The average molecular weight is 607 g/mol. The van der Waals surface area contributed by atoms with E-state index in [0.717, 1.165) is 38.8 Å². The summed E-state index contributed by atoms with van der Waals surface area (Å²) >= 11 is 1.84. The van der Waals surface area contributed by atoms with Crippen LogP contribution in [0.5, 0.6) is 0 Å². The molecule has 0 atom stereocenters. The molecule has 0 bridgehead atoms. The number of nitrogens with one attached hydrogen (secondary N) is 1. The number of thiophene rings is 1. The molecule has 1 N–H and O–H groups in total. The molecule has 46 heavy (non-hydrogen) atoms. The van der Waals surface area contributed by atoms with Crippen LogP contribution in [-0.2, 0) is 0 Å². The number of aromatic amines is 1. The molecule has 0 spiro atoms. The number of rotatable bonds is 2. The Labute approximate surface area is 265 Å². The summed E-state index contributed by atoms with van der Waals surface area (Å²) in [4.78, 5) is 14.2. The van der Waals surface area contributed by atoms with E-state index in [1.165, 1.54) is 52.8 Å². The van der Waals surface area contributed by atoms with Gasteiger partial charge >= 0.3 is 0 Å². The van der Waals surface area contributed by atoms with E-state index in [1.807, 2.05) is 47.7 Å². The number of furan rings is 1. The van der Waals surface area contributed by atoms with E-state index >= 15 is 0 Å². The lowest BCUT2D eigenvalue weighted by Gasteiger charge is -2.09. The third-order valence-electron chi connectivity index (χ3n) is 9.37. The van der Waals surface area contributed by atoms with Crippen LogP contribution >= 0.6 is 11.3 Å². The maximum absolute atomic E-state index is 6.40. The highest BCUT2D eigenvalue weighted by atomic mass is 32.1. The molecule has 0 fully saturated rings. The Hall–Kier alpha value is -5.98. The fraction of sp³-hybridized carbons (Fsp3) is 0. The second kappa shape index (κ2) is 8.81.